The van der Waals surface area contributed by atoms with Gasteiger partial charge in [0, 0.05) is 55.2 Å². The second-order valence-electron chi connectivity index (χ2n) is 15.7. The van der Waals surface area contributed by atoms with Crippen LogP contribution >= 0.6 is 0 Å². The van der Waals surface area contributed by atoms with Crippen LogP contribution in [0.4, 0.5) is 4.79 Å². The number of hydrogen-bond donors (Lipinski definition) is 3. The molecule has 0 radical (unpaired) electrons. The Bertz CT molecular complexity index is 2290. The summed E-state index contributed by atoms with van der Waals surface area (Å²) in [6.45, 7) is 7.68. The third kappa shape index (κ3) is 7.58. The molecule has 2 saturated carbocycles. The van der Waals surface area contributed by atoms with Gasteiger partial charge in [0.25, 0.3) is 11.5 Å². The number of amides is 5. The third-order valence-corrected chi connectivity index (χ3v) is 13.2. The van der Waals surface area contributed by atoms with Gasteiger partial charge in [0.2, 0.25) is 21.8 Å². The topological polar surface area (TPSA) is 193 Å². The number of allylic oxidation sites excluding steroid dienone is 2. The molecule has 2 aromatic heterocycles. The Hall–Kier alpha value is -5.38. The van der Waals surface area contributed by atoms with Crippen LogP contribution in [0, 0.1) is 11.8 Å². The van der Waals surface area contributed by atoms with E-state index in [1.165, 1.54) is 20.6 Å². The van der Waals surface area contributed by atoms with Crippen molar-refractivity contribution in [3.8, 4) is 11.1 Å². The number of hydrogen-bond acceptors (Lipinski definition) is 9. The molecule has 3 fully saturated rings. The predicted octanol–water partition coefficient (Wildman–Crippen LogP) is 2.83. The van der Waals surface area contributed by atoms with Gasteiger partial charge in [0.05, 0.1) is 23.0 Å². The highest BCUT2D eigenvalue weighted by atomic mass is 32.2. The van der Waals surface area contributed by atoms with Gasteiger partial charge in [-0.15, -0.1) is 6.58 Å². The number of pyridine rings is 1. The van der Waals surface area contributed by atoms with Crippen molar-refractivity contribution in [2.75, 3.05) is 20.1 Å². The van der Waals surface area contributed by atoms with E-state index in [4.69, 9.17) is 0 Å². The minimum absolute atomic E-state index is 0.0332. The van der Waals surface area contributed by atoms with Gasteiger partial charge in [0.1, 0.15) is 17.6 Å². The Morgan fingerprint density at radius 2 is 1.91 bits per heavy atom. The zero-order valence-electron chi connectivity index (χ0n) is 31.8. The maximum absolute atomic E-state index is 14.5. The molecule has 1 aromatic carbocycles. The SMILES string of the molecule is C=C[C@@H]1C[C@]1(NC(=O)[C@@H]1CC2CN1C(=O)[C@H](C(C)C)NC(=O)N(C)CCC/C=C/Cc1c(-c3ccc4cccnc4c3)cnn2c1=O)C(=O)NS(=O)(=O)C1CC1. The summed E-state index contributed by atoms with van der Waals surface area (Å²) >= 11 is 0. The fourth-order valence-corrected chi connectivity index (χ4v) is 9.11. The van der Waals surface area contributed by atoms with Crippen LogP contribution in [0.1, 0.15) is 64.0 Å². The summed E-state index contributed by atoms with van der Waals surface area (Å²) in [5.41, 5.74) is 0.685. The summed E-state index contributed by atoms with van der Waals surface area (Å²) in [4.78, 5) is 77.7. The number of rotatable bonds is 8. The van der Waals surface area contributed by atoms with Crippen molar-refractivity contribution in [1.82, 2.24) is 39.9 Å². The lowest BCUT2D eigenvalue weighted by Gasteiger charge is -2.32. The maximum atomic E-state index is 14.5. The Kier molecular flexibility index (Phi) is 10.6. The van der Waals surface area contributed by atoms with E-state index in [2.05, 4.69) is 32.0 Å². The van der Waals surface area contributed by atoms with Gasteiger partial charge in [0.15, 0.2) is 0 Å². The molecule has 7 rings (SSSR count). The lowest BCUT2D eigenvalue weighted by molar-refractivity contribution is -0.141. The average Bonchev–Trinajstić information content (AvgIpc) is 4.10. The second-order valence-corrected chi connectivity index (χ2v) is 17.6. The Labute approximate surface area is 325 Å². The first kappa shape index (κ1) is 38.9. The normalized spacial score (nSPS) is 26.4. The highest BCUT2D eigenvalue weighted by Gasteiger charge is 2.62. The first-order chi connectivity index (χ1) is 26.7. The molecule has 16 heteroatoms. The fraction of sp³-hybridized carbons (Fsp3) is 0.475. The molecule has 5 amide bonds. The number of aromatic nitrogens is 3. The minimum atomic E-state index is -3.92. The number of carbonyl (C=O) groups excluding carboxylic acids is 4. The average molecular weight is 785 g/mol. The molecule has 3 N–H and O–H groups in total. The van der Waals surface area contributed by atoms with Gasteiger partial charge < -0.3 is 20.4 Å². The van der Waals surface area contributed by atoms with E-state index >= 15 is 0 Å². The molecule has 56 heavy (non-hydrogen) atoms. The van der Waals surface area contributed by atoms with E-state index in [9.17, 15) is 32.4 Å². The lowest BCUT2D eigenvalue weighted by Crippen LogP contribution is -2.59. The van der Waals surface area contributed by atoms with E-state index in [0.717, 1.165) is 16.5 Å². The van der Waals surface area contributed by atoms with Gasteiger partial charge in [-0.1, -0.05) is 50.3 Å². The van der Waals surface area contributed by atoms with Crippen LogP contribution in [0.25, 0.3) is 22.0 Å². The van der Waals surface area contributed by atoms with Crippen molar-refractivity contribution in [2.45, 2.75) is 87.7 Å². The van der Waals surface area contributed by atoms with Gasteiger partial charge in [-0.3, -0.25) is 28.9 Å². The summed E-state index contributed by atoms with van der Waals surface area (Å²) in [6.07, 6.45) is 11.3. The fourth-order valence-electron chi connectivity index (χ4n) is 7.75. The van der Waals surface area contributed by atoms with Crippen LogP contribution in [-0.4, -0.2) is 99.7 Å². The predicted molar refractivity (Wildman–Crippen MR) is 210 cm³/mol. The molecule has 15 nitrogen and oxygen atoms in total. The van der Waals surface area contributed by atoms with Crippen molar-refractivity contribution in [2.24, 2.45) is 11.8 Å². The van der Waals surface area contributed by atoms with Crippen LogP contribution in [-0.2, 0) is 30.8 Å². The molecule has 2 aliphatic heterocycles. The van der Waals surface area contributed by atoms with Crippen molar-refractivity contribution in [3.05, 3.63) is 83.4 Å². The van der Waals surface area contributed by atoms with Gasteiger partial charge in [-0.2, -0.15) is 5.10 Å². The highest BCUT2D eigenvalue weighted by Crippen LogP contribution is 2.45. The molecular formula is C40H48N8O7S. The van der Waals surface area contributed by atoms with Gasteiger partial charge in [-0.05, 0) is 62.1 Å². The molecule has 4 bridgehead atoms. The monoisotopic (exact) mass is 784 g/mol. The first-order valence-electron chi connectivity index (χ1n) is 19.2. The standard InChI is InChI=1S/C40H48N8O7S/c1-5-27-21-40(27,38(52)45-56(54,55)29-15-16-29)44-35(49)33-20-28-23-47(33)37(51)34(24(2)3)43-39(53)46(4)18-9-7-6-8-12-30-31(22-42-48(28)36(30)50)26-14-13-25-11-10-17-41-32(25)19-26/h5-6,8,10-11,13-14,17,19,22,24,27-29,33-34H,1,7,9,12,15-16,18,20-21,23H2,2-4H3,(H,43,53)(H,44,49)(H,45,52)/b8-6+/t27-,28?,33+,34+,40-/m1/s1. The maximum Gasteiger partial charge on any atom is 0.317 e. The van der Waals surface area contributed by atoms with Crippen LogP contribution in [0.2, 0.25) is 0 Å². The number of urea groups is 1. The van der Waals surface area contributed by atoms with E-state index in [-0.39, 0.29) is 37.3 Å². The number of nitrogens with one attached hydrogen (secondary N) is 3. The van der Waals surface area contributed by atoms with Gasteiger partial charge in [-0.25, -0.2) is 17.9 Å². The van der Waals surface area contributed by atoms with E-state index < -0.39 is 68.6 Å². The molecule has 0 spiro atoms. The number of fused-ring (bicyclic) bond motifs is 6. The second kappa shape index (κ2) is 15.3. The van der Waals surface area contributed by atoms with Crippen molar-refractivity contribution in [3.63, 3.8) is 0 Å². The largest absolute Gasteiger partial charge is 0.339 e. The van der Waals surface area contributed by atoms with Crippen molar-refractivity contribution in [1.29, 1.82) is 0 Å². The quantitative estimate of drug-likeness (QED) is 0.288. The number of benzene rings is 1. The zero-order chi connectivity index (χ0) is 39.9. The molecule has 4 heterocycles. The molecular weight excluding hydrogens is 737 g/mol. The first-order valence-corrected chi connectivity index (χ1v) is 20.7. The van der Waals surface area contributed by atoms with E-state index in [0.29, 0.717) is 43.4 Å². The summed E-state index contributed by atoms with van der Waals surface area (Å²) in [7, 11) is -2.27. The number of nitrogens with zero attached hydrogens (tertiary/aromatic N) is 5. The van der Waals surface area contributed by atoms with Crippen LogP contribution < -0.4 is 20.9 Å². The highest BCUT2D eigenvalue weighted by molar-refractivity contribution is 7.91. The van der Waals surface area contributed by atoms with Crippen LogP contribution in [0.5, 0.6) is 0 Å². The Morgan fingerprint density at radius 3 is 2.62 bits per heavy atom. The molecule has 296 valence electrons. The van der Waals surface area contributed by atoms with Crippen molar-refractivity contribution < 1.29 is 27.6 Å². The summed E-state index contributed by atoms with van der Waals surface area (Å²) < 4.78 is 29.0. The Balaban J connectivity index is 1.27. The van der Waals surface area contributed by atoms with E-state index in [1.807, 2.05) is 42.5 Å². The van der Waals surface area contributed by atoms with Crippen molar-refractivity contribution >= 4 is 44.7 Å². The Morgan fingerprint density at radius 1 is 1.12 bits per heavy atom. The zero-order valence-corrected chi connectivity index (χ0v) is 32.6. The third-order valence-electron chi connectivity index (χ3n) is 11.4. The smallest absolute Gasteiger partial charge is 0.317 e. The lowest BCUT2D eigenvalue weighted by atomic mass is 9.99. The van der Waals surface area contributed by atoms with E-state index in [1.54, 1.807) is 33.3 Å². The molecule has 2 aliphatic carbocycles. The molecule has 1 unspecified atom stereocenters. The van der Waals surface area contributed by atoms with Gasteiger partial charge >= 0.3 is 6.03 Å². The number of sulfonamides is 1. The van der Waals surface area contributed by atoms with Crippen LogP contribution in [0.15, 0.2) is 72.3 Å². The van der Waals surface area contributed by atoms with Crippen LogP contribution in [0.3, 0.4) is 0 Å². The molecule has 1 saturated heterocycles. The number of carbonyl (C=O) groups is 4. The molecule has 4 aliphatic rings. The molecule has 3 aromatic rings. The summed E-state index contributed by atoms with van der Waals surface area (Å²) in [5.74, 6) is -3.01. The minimum Gasteiger partial charge on any atom is -0.339 e. The summed E-state index contributed by atoms with van der Waals surface area (Å²) in [6, 6.07) is 6.17. The summed E-state index contributed by atoms with van der Waals surface area (Å²) in [5, 5.41) is 10.6. The molecule has 5 atom stereocenters.